The first kappa shape index (κ1) is 19.0. The van der Waals surface area contributed by atoms with Crippen molar-refractivity contribution >= 4 is 17.5 Å². The van der Waals surface area contributed by atoms with E-state index in [-0.39, 0.29) is 18.2 Å². The predicted octanol–water partition coefficient (Wildman–Crippen LogP) is 4.18. The van der Waals surface area contributed by atoms with Gasteiger partial charge < -0.3 is 10.0 Å². The number of aryl methyl sites for hydroxylation is 2. The van der Waals surface area contributed by atoms with Crippen LogP contribution in [-0.2, 0) is 13.1 Å². The molecule has 6 heteroatoms. The van der Waals surface area contributed by atoms with Crippen LogP contribution in [0.3, 0.4) is 0 Å². The number of phenols is 1. The highest BCUT2D eigenvalue weighted by atomic mass is 35.5. The molecule has 1 aromatic heterocycles. The van der Waals surface area contributed by atoms with Crippen LogP contribution < -0.4 is 0 Å². The van der Waals surface area contributed by atoms with Crippen LogP contribution in [0.2, 0.25) is 5.15 Å². The minimum Gasteiger partial charge on any atom is -0.508 e. The molecule has 0 aliphatic carbocycles. The molecule has 3 rings (SSSR count). The van der Waals surface area contributed by atoms with E-state index < -0.39 is 0 Å². The number of aromatic nitrogens is 2. The number of nitrogens with zero attached hydrogens (tertiary/aromatic N) is 3. The summed E-state index contributed by atoms with van der Waals surface area (Å²) in [5, 5.41) is 14.7. The lowest BCUT2D eigenvalue weighted by Gasteiger charge is -2.18. The molecule has 2 aromatic carbocycles. The van der Waals surface area contributed by atoms with Gasteiger partial charge in [0.05, 0.1) is 17.8 Å². The summed E-state index contributed by atoms with van der Waals surface area (Å²) in [6, 6.07) is 15.1. The molecule has 0 atom stereocenters. The van der Waals surface area contributed by atoms with Gasteiger partial charge in [-0.05, 0) is 25.5 Å². The number of carbonyl (C=O) groups is 1. The van der Waals surface area contributed by atoms with Gasteiger partial charge in [0.2, 0.25) is 0 Å². The molecular formula is C21H22ClN3O2. The van der Waals surface area contributed by atoms with E-state index in [2.05, 4.69) is 5.10 Å². The van der Waals surface area contributed by atoms with Gasteiger partial charge in [0.15, 0.2) is 0 Å². The fourth-order valence-electron chi connectivity index (χ4n) is 2.93. The average Bonchev–Trinajstić information content (AvgIpc) is 2.91. The van der Waals surface area contributed by atoms with Crippen molar-refractivity contribution in [3.05, 3.63) is 81.6 Å². The lowest BCUT2D eigenvalue weighted by atomic mass is 10.1. The van der Waals surface area contributed by atoms with Gasteiger partial charge in [0.25, 0.3) is 5.91 Å². The van der Waals surface area contributed by atoms with Crippen molar-refractivity contribution in [2.75, 3.05) is 7.05 Å². The Bertz CT molecular complexity index is 964. The minimum atomic E-state index is -0.226. The zero-order valence-electron chi connectivity index (χ0n) is 15.6. The summed E-state index contributed by atoms with van der Waals surface area (Å²) in [4.78, 5) is 14.4. The molecule has 0 bridgehead atoms. The Labute approximate surface area is 163 Å². The summed E-state index contributed by atoms with van der Waals surface area (Å²) in [6.45, 7) is 4.59. The second kappa shape index (κ2) is 7.84. The van der Waals surface area contributed by atoms with Gasteiger partial charge >= 0.3 is 0 Å². The van der Waals surface area contributed by atoms with Crippen LogP contribution in [-0.4, -0.2) is 32.7 Å². The summed E-state index contributed by atoms with van der Waals surface area (Å²) in [5.74, 6) is -0.0639. The first-order valence-corrected chi connectivity index (χ1v) is 9.05. The Morgan fingerprint density at radius 1 is 1.15 bits per heavy atom. The number of rotatable bonds is 5. The van der Waals surface area contributed by atoms with E-state index in [1.807, 2.05) is 37.3 Å². The van der Waals surface area contributed by atoms with Crippen molar-refractivity contribution in [2.45, 2.75) is 26.9 Å². The van der Waals surface area contributed by atoms with Crippen LogP contribution in [0, 0.1) is 13.8 Å². The van der Waals surface area contributed by atoms with Crippen molar-refractivity contribution in [1.82, 2.24) is 14.7 Å². The quantitative estimate of drug-likeness (QED) is 0.719. The van der Waals surface area contributed by atoms with Crippen LogP contribution in [0.4, 0.5) is 0 Å². The minimum absolute atomic E-state index is 0.162. The topological polar surface area (TPSA) is 58.4 Å². The first-order chi connectivity index (χ1) is 12.9. The van der Waals surface area contributed by atoms with Crippen molar-refractivity contribution in [3.8, 4) is 5.75 Å². The summed E-state index contributed by atoms with van der Waals surface area (Å²) in [5.41, 5.74) is 3.90. The molecule has 1 heterocycles. The Hall–Kier alpha value is -2.79. The molecule has 0 aliphatic rings. The van der Waals surface area contributed by atoms with Gasteiger partial charge in [-0.25, -0.2) is 4.68 Å². The number of amides is 1. The van der Waals surface area contributed by atoms with Crippen LogP contribution >= 0.6 is 11.6 Å². The second-order valence-electron chi connectivity index (χ2n) is 6.68. The smallest absolute Gasteiger partial charge is 0.258 e. The highest BCUT2D eigenvalue weighted by Gasteiger charge is 2.23. The second-order valence-corrected chi connectivity index (χ2v) is 7.04. The van der Waals surface area contributed by atoms with E-state index in [1.165, 1.54) is 10.5 Å². The van der Waals surface area contributed by atoms with Gasteiger partial charge in [-0.2, -0.15) is 5.10 Å². The standard InChI is InChI=1S/C21H22ClN3O2/c1-14-8-10-16(11-9-14)12-25-20(22)19(15(2)23-25)21(27)24(3)13-17-6-4-5-7-18(17)26/h4-11,26H,12-13H2,1-3H3. The van der Waals surface area contributed by atoms with Crippen molar-refractivity contribution < 1.29 is 9.90 Å². The summed E-state index contributed by atoms with van der Waals surface area (Å²) < 4.78 is 1.64. The highest BCUT2D eigenvalue weighted by Crippen LogP contribution is 2.24. The van der Waals surface area contributed by atoms with Crippen molar-refractivity contribution in [1.29, 1.82) is 0 Å². The Morgan fingerprint density at radius 2 is 1.81 bits per heavy atom. The van der Waals surface area contributed by atoms with E-state index in [4.69, 9.17) is 11.6 Å². The zero-order valence-corrected chi connectivity index (χ0v) is 16.4. The average molecular weight is 384 g/mol. The van der Waals surface area contributed by atoms with Gasteiger partial charge in [-0.15, -0.1) is 0 Å². The van der Waals surface area contributed by atoms with E-state index in [9.17, 15) is 9.90 Å². The van der Waals surface area contributed by atoms with E-state index in [1.54, 1.807) is 36.9 Å². The third kappa shape index (κ3) is 4.14. The number of benzene rings is 2. The molecule has 0 aliphatic heterocycles. The lowest BCUT2D eigenvalue weighted by Crippen LogP contribution is -2.26. The third-order valence-electron chi connectivity index (χ3n) is 4.48. The van der Waals surface area contributed by atoms with Crippen LogP contribution in [0.1, 0.15) is 32.7 Å². The molecular weight excluding hydrogens is 362 g/mol. The fourth-order valence-corrected chi connectivity index (χ4v) is 3.25. The summed E-state index contributed by atoms with van der Waals surface area (Å²) in [6.07, 6.45) is 0. The molecule has 140 valence electrons. The molecule has 0 saturated carbocycles. The molecule has 0 spiro atoms. The molecule has 1 amide bonds. The molecule has 0 fully saturated rings. The largest absolute Gasteiger partial charge is 0.508 e. The molecule has 0 saturated heterocycles. The van der Waals surface area contributed by atoms with E-state index in [0.29, 0.717) is 28.5 Å². The SMILES string of the molecule is Cc1ccc(Cn2nc(C)c(C(=O)N(C)Cc3ccccc3O)c2Cl)cc1. The summed E-state index contributed by atoms with van der Waals surface area (Å²) >= 11 is 6.49. The molecule has 0 radical (unpaired) electrons. The van der Waals surface area contributed by atoms with E-state index >= 15 is 0 Å². The maximum absolute atomic E-state index is 12.9. The number of hydrogen-bond donors (Lipinski definition) is 1. The van der Waals surface area contributed by atoms with Gasteiger partial charge in [0, 0.05) is 19.2 Å². The molecule has 0 unspecified atom stereocenters. The fraction of sp³-hybridized carbons (Fsp3) is 0.238. The van der Waals surface area contributed by atoms with E-state index in [0.717, 1.165) is 5.56 Å². The maximum Gasteiger partial charge on any atom is 0.258 e. The molecule has 3 aromatic rings. The Balaban J connectivity index is 1.81. The number of para-hydroxylation sites is 1. The maximum atomic E-state index is 12.9. The van der Waals surface area contributed by atoms with Crippen LogP contribution in [0.5, 0.6) is 5.75 Å². The molecule has 1 N–H and O–H groups in total. The van der Waals surface area contributed by atoms with Gasteiger partial charge in [0.1, 0.15) is 10.9 Å². The van der Waals surface area contributed by atoms with Crippen molar-refractivity contribution in [2.24, 2.45) is 0 Å². The van der Waals surface area contributed by atoms with Crippen molar-refractivity contribution in [3.63, 3.8) is 0 Å². The first-order valence-electron chi connectivity index (χ1n) is 8.67. The molecule has 5 nitrogen and oxygen atoms in total. The van der Waals surface area contributed by atoms with Crippen LogP contribution in [0.15, 0.2) is 48.5 Å². The molecule has 27 heavy (non-hydrogen) atoms. The number of phenolic OH excluding ortho intramolecular Hbond substituents is 1. The Morgan fingerprint density at radius 3 is 2.48 bits per heavy atom. The zero-order chi connectivity index (χ0) is 19.6. The van der Waals surface area contributed by atoms with Crippen LogP contribution in [0.25, 0.3) is 0 Å². The predicted molar refractivity (Wildman–Crippen MR) is 106 cm³/mol. The number of hydrogen-bond acceptors (Lipinski definition) is 3. The van der Waals surface area contributed by atoms with Gasteiger partial charge in [-0.3, -0.25) is 4.79 Å². The lowest BCUT2D eigenvalue weighted by molar-refractivity contribution is 0.0783. The number of carbonyl (C=O) groups excluding carboxylic acids is 1. The number of aromatic hydroxyl groups is 1. The normalized spacial score (nSPS) is 10.8. The monoisotopic (exact) mass is 383 g/mol. The highest BCUT2D eigenvalue weighted by molar-refractivity contribution is 6.33. The third-order valence-corrected chi connectivity index (χ3v) is 4.86. The number of halogens is 1. The Kier molecular flexibility index (Phi) is 5.51. The summed E-state index contributed by atoms with van der Waals surface area (Å²) in [7, 11) is 1.68. The van der Waals surface area contributed by atoms with Gasteiger partial charge in [-0.1, -0.05) is 59.6 Å².